The Morgan fingerprint density at radius 1 is 0.451 bits per heavy atom. The molecule has 25 nitrogen and oxygen atoms in total. The van der Waals surface area contributed by atoms with Crippen LogP contribution < -0.4 is 0 Å². The fourth-order valence-corrected chi connectivity index (χ4v) is 7.18. The highest BCUT2D eigenvalue weighted by molar-refractivity contribution is 5.87. The van der Waals surface area contributed by atoms with Crippen LogP contribution in [0.1, 0.15) is 229 Å². The van der Waals surface area contributed by atoms with Crippen LogP contribution in [0.3, 0.4) is 0 Å². The zero-order valence-electron chi connectivity index (χ0n) is 58.7. The van der Waals surface area contributed by atoms with Crippen LogP contribution in [0, 0.1) is 37.9 Å². The predicted molar refractivity (Wildman–Crippen MR) is 326 cm³/mol. The Morgan fingerprint density at radius 2 is 0.890 bits per heavy atom. The lowest BCUT2D eigenvalue weighted by atomic mass is 9.88. The highest BCUT2D eigenvalue weighted by atomic mass is 16.7. The van der Waals surface area contributed by atoms with Gasteiger partial charge in [0, 0.05) is 31.8 Å². The summed E-state index contributed by atoms with van der Waals surface area (Å²) >= 11 is 0. The molecular weight excluding hydrogens is 1190 g/mol. The highest BCUT2D eigenvalue weighted by Crippen LogP contribution is 2.36. The molecule has 6 aliphatic heterocycles. The Labute approximate surface area is 538 Å². The Balaban J connectivity index is 0.000000546. The molecule has 6 unspecified atom stereocenters. The van der Waals surface area contributed by atoms with Crippen molar-refractivity contribution < 1.29 is 119 Å². The zero-order valence-corrected chi connectivity index (χ0v) is 58.7. The molecule has 6 aliphatic rings. The smallest absolute Gasteiger partial charge is 0.350 e. The van der Waals surface area contributed by atoms with Gasteiger partial charge in [-0.1, -0.05) is 55.4 Å². The molecule has 522 valence electrons. The zero-order chi connectivity index (χ0) is 70.6. The molecule has 25 heteroatoms. The molecule has 0 aromatic heterocycles. The van der Waals surface area contributed by atoms with E-state index in [2.05, 4.69) is 0 Å². The summed E-state index contributed by atoms with van der Waals surface area (Å²) in [7, 11) is 1.40. The molecular formula is C66H108O25. The van der Waals surface area contributed by atoms with Crippen molar-refractivity contribution in [3.63, 3.8) is 0 Å². The van der Waals surface area contributed by atoms with Gasteiger partial charge in [0.05, 0.1) is 65.2 Å². The van der Waals surface area contributed by atoms with Gasteiger partial charge in [0.15, 0.2) is 6.61 Å². The van der Waals surface area contributed by atoms with E-state index in [1.807, 2.05) is 96.9 Å². The maximum atomic E-state index is 11.9. The van der Waals surface area contributed by atoms with Gasteiger partial charge in [0.2, 0.25) is 17.8 Å². The van der Waals surface area contributed by atoms with Crippen LogP contribution in [-0.4, -0.2) is 154 Å². The molecule has 0 aromatic carbocycles. The fourth-order valence-electron chi connectivity index (χ4n) is 7.18. The molecule has 0 amide bonds. The summed E-state index contributed by atoms with van der Waals surface area (Å²) in [6.45, 7) is 41.8. The number of cyclic esters (lactones) is 6. The number of hydrogen-bond acceptors (Lipinski definition) is 25. The van der Waals surface area contributed by atoms with Gasteiger partial charge < -0.3 is 61.6 Å². The van der Waals surface area contributed by atoms with Gasteiger partial charge >= 0.3 is 71.6 Å². The summed E-state index contributed by atoms with van der Waals surface area (Å²) in [6, 6.07) is 0. The first-order valence-corrected chi connectivity index (χ1v) is 31.4. The third-order valence-electron chi connectivity index (χ3n) is 17.4. The summed E-state index contributed by atoms with van der Waals surface area (Å²) in [5.41, 5.74) is -5.40. The summed E-state index contributed by atoms with van der Waals surface area (Å²) in [4.78, 5) is 137. The van der Waals surface area contributed by atoms with Crippen molar-refractivity contribution in [2.75, 3.05) is 46.8 Å². The molecule has 0 saturated carbocycles. The van der Waals surface area contributed by atoms with E-state index in [1.165, 1.54) is 7.11 Å². The molecule has 6 heterocycles. The van der Waals surface area contributed by atoms with Crippen LogP contribution in [0.15, 0.2) is 0 Å². The second-order valence-corrected chi connectivity index (χ2v) is 28.4. The lowest BCUT2D eigenvalue weighted by Gasteiger charge is -2.35. The van der Waals surface area contributed by atoms with Crippen molar-refractivity contribution in [2.24, 2.45) is 37.9 Å². The van der Waals surface area contributed by atoms with E-state index < -0.39 is 91.0 Å². The number of carbonyl (C=O) groups excluding carboxylic acids is 12. The summed E-state index contributed by atoms with van der Waals surface area (Å²) < 4.78 is 65.3. The Bertz CT molecular complexity index is 2560. The molecule has 91 heavy (non-hydrogen) atoms. The van der Waals surface area contributed by atoms with Crippen molar-refractivity contribution >= 4 is 71.6 Å². The fraction of sp³-hybridized carbons (Fsp3) is 0.818. The third kappa shape index (κ3) is 25.2. The molecule has 6 fully saturated rings. The van der Waals surface area contributed by atoms with E-state index >= 15 is 0 Å². The first kappa shape index (κ1) is 82.6. The molecule has 6 saturated heterocycles. The predicted octanol–water partition coefficient (Wildman–Crippen LogP) is 9.47. The Hall–Kier alpha value is -6.40. The molecule has 0 spiro atoms. The maximum Gasteiger partial charge on any atom is 0.350 e. The highest BCUT2D eigenvalue weighted by Gasteiger charge is 2.50. The molecule has 0 bridgehead atoms. The Kier molecular flexibility index (Phi) is 30.8. The van der Waals surface area contributed by atoms with E-state index in [-0.39, 0.29) is 86.3 Å². The Morgan fingerprint density at radius 3 is 1.26 bits per heavy atom. The van der Waals surface area contributed by atoms with Gasteiger partial charge in [-0.3, -0.25) is 43.2 Å². The average Bonchev–Trinajstić information content (AvgIpc) is 1.81. The van der Waals surface area contributed by atoms with E-state index in [0.717, 1.165) is 0 Å². The molecule has 0 N–H and O–H groups in total. The molecule has 0 radical (unpaired) electrons. The van der Waals surface area contributed by atoms with Crippen molar-refractivity contribution in [1.82, 2.24) is 0 Å². The van der Waals surface area contributed by atoms with Gasteiger partial charge in [-0.15, -0.1) is 0 Å². The van der Waals surface area contributed by atoms with Gasteiger partial charge in [-0.25, -0.2) is 14.4 Å². The minimum atomic E-state index is -1.24. The van der Waals surface area contributed by atoms with Crippen LogP contribution in [-0.2, 0) is 119 Å². The number of rotatable bonds is 19. The molecule has 6 atom stereocenters. The first-order valence-electron chi connectivity index (χ1n) is 31.4. The summed E-state index contributed by atoms with van der Waals surface area (Å²) in [6.07, 6.45) is 4.06. The first-order chi connectivity index (χ1) is 41.6. The summed E-state index contributed by atoms with van der Waals surface area (Å²) in [5, 5.41) is 0. The number of carbonyl (C=O) groups is 12. The van der Waals surface area contributed by atoms with Crippen molar-refractivity contribution in [3.8, 4) is 0 Å². The largest absolute Gasteiger partial charge is 0.465 e. The lowest BCUT2D eigenvalue weighted by molar-refractivity contribution is -0.227. The van der Waals surface area contributed by atoms with Crippen molar-refractivity contribution in [2.45, 2.75) is 265 Å². The third-order valence-corrected chi connectivity index (χ3v) is 17.4. The van der Waals surface area contributed by atoms with Gasteiger partial charge in [0.25, 0.3) is 5.79 Å². The number of ether oxygens (including phenoxy) is 13. The number of methoxy groups -OCH3 is 1. The standard InChI is InChI=1S/2C12H20O4.C11H18O5.C11H18O4.2C10H16O4/c1-6-11(2,3)10(14)16-8-9(13)15-7-12(8,4)5;1-5-11(2,3)10(14)16-12(4)6-7-15-9(13)8-12;1-5-10(2,3)9(13)16-11(14-4)6-8(12)15-7-11;1-5-10(2,3)8(12)15-11(4)6-7-14-9(11)13;1-4-10(2,3)9(12)14-7-5-8(11)13-6-7;1-4-10(2,3)9(12)14-7-5-6-13-8(7)11/h8H,6-7H2,1-5H3;5-8H2,1-4H3;5-7H2,1-4H3;5-7H2,1-4H3;2*7H,4-6H2,1-3H3. The minimum Gasteiger partial charge on any atom is -0.465 e. The topological polar surface area (TPSA) is 325 Å². The van der Waals surface area contributed by atoms with Gasteiger partial charge in [-0.2, -0.15) is 0 Å². The second-order valence-electron chi connectivity index (χ2n) is 28.4. The molecule has 6 rings (SSSR count). The average molecular weight is 1300 g/mol. The monoisotopic (exact) mass is 1300 g/mol. The van der Waals surface area contributed by atoms with E-state index in [4.69, 9.17) is 61.6 Å². The van der Waals surface area contributed by atoms with Crippen molar-refractivity contribution in [1.29, 1.82) is 0 Å². The SMILES string of the molecule is CCC(C)(C)C(=O)OC1(C)CCOC(=O)C1.CCC(C)(C)C(=O)OC1(C)CCOC1=O.CCC(C)(C)C(=O)OC1(OC)COC(=O)C1.CCC(C)(C)C(=O)OC1C(=O)OCC1(C)C.CCC(C)(C)C(=O)OC1CCOC1=O.CCC(C)(C)C(=O)OC1COC(=O)C1. The van der Waals surface area contributed by atoms with Gasteiger partial charge in [-0.05, 0) is 135 Å². The lowest BCUT2D eigenvalue weighted by Crippen LogP contribution is -2.43. The minimum absolute atomic E-state index is 0.0339. The molecule has 0 aromatic rings. The quantitative estimate of drug-likeness (QED) is 0.0660. The summed E-state index contributed by atoms with van der Waals surface area (Å²) in [5.74, 6) is -5.44. The molecule has 0 aliphatic carbocycles. The van der Waals surface area contributed by atoms with Crippen LogP contribution in [0.25, 0.3) is 0 Å². The van der Waals surface area contributed by atoms with E-state index in [1.54, 1.807) is 55.4 Å². The normalized spacial score (nSPS) is 24.4. The van der Waals surface area contributed by atoms with Crippen LogP contribution >= 0.6 is 0 Å². The number of hydrogen-bond donors (Lipinski definition) is 0. The second kappa shape index (κ2) is 34.0. The van der Waals surface area contributed by atoms with E-state index in [0.29, 0.717) is 84.2 Å². The van der Waals surface area contributed by atoms with Gasteiger partial charge in [0.1, 0.15) is 31.3 Å². The number of esters is 12. The van der Waals surface area contributed by atoms with Crippen LogP contribution in [0.5, 0.6) is 0 Å². The maximum absolute atomic E-state index is 11.9. The van der Waals surface area contributed by atoms with E-state index in [9.17, 15) is 57.5 Å². The van der Waals surface area contributed by atoms with Crippen LogP contribution in [0.4, 0.5) is 0 Å². The van der Waals surface area contributed by atoms with Crippen molar-refractivity contribution in [3.05, 3.63) is 0 Å². The van der Waals surface area contributed by atoms with Crippen LogP contribution in [0.2, 0.25) is 0 Å².